The zero-order valence-electron chi connectivity index (χ0n) is 16.9. The normalized spacial score (nSPS) is 14.6. The molecule has 0 fully saturated rings. The van der Waals surface area contributed by atoms with E-state index in [4.69, 9.17) is 0 Å². The van der Waals surface area contributed by atoms with Crippen LogP contribution in [-0.2, 0) is 9.59 Å². The molecule has 4 rings (SSSR count). The fraction of sp³-hybridized carbons (Fsp3) is 0.0800. The Morgan fingerprint density at radius 2 is 1.68 bits per heavy atom. The lowest BCUT2D eigenvalue weighted by atomic mass is 10.1. The van der Waals surface area contributed by atoms with Gasteiger partial charge in [0, 0.05) is 22.6 Å². The van der Waals surface area contributed by atoms with E-state index >= 15 is 0 Å². The van der Waals surface area contributed by atoms with Crippen LogP contribution in [0.15, 0.2) is 94.4 Å². The summed E-state index contributed by atoms with van der Waals surface area (Å²) in [6.45, 7) is 1.80. The molecule has 1 aliphatic heterocycles. The van der Waals surface area contributed by atoms with Crippen molar-refractivity contribution >= 4 is 47.7 Å². The van der Waals surface area contributed by atoms with Gasteiger partial charge in [-0.3, -0.25) is 14.5 Å². The zero-order chi connectivity index (χ0) is 21.8. The van der Waals surface area contributed by atoms with Gasteiger partial charge >= 0.3 is 0 Å². The molecular weight excluding hydrogens is 406 g/mol. The highest BCUT2D eigenvalue weighted by atomic mass is 32.1. The van der Waals surface area contributed by atoms with E-state index in [1.807, 2.05) is 54.6 Å². The number of carbonyl (C=O) groups excluding carboxylic acids is 2. The lowest BCUT2D eigenvalue weighted by Gasteiger charge is -2.19. The predicted octanol–water partition coefficient (Wildman–Crippen LogP) is 5.16. The molecule has 154 valence electrons. The van der Waals surface area contributed by atoms with Crippen LogP contribution in [0.25, 0.3) is 6.08 Å². The Hall–Kier alpha value is -3.64. The number of aliphatic imine (C=N–C) groups is 1. The second kappa shape index (κ2) is 9.02. The minimum Gasteiger partial charge on any atom is -0.326 e. The molecule has 31 heavy (non-hydrogen) atoms. The molecule has 0 atom stereocenters. The van der Waals surface area contributed by atoms with E-state index in [0.29, 0.717) is 29.3 Å². The largest absolute Gasteiger partial charge is 0.326 e. The third kappa shape index (κ3) is 4.44. The molecule has 0 radical (unpaired) electrons. The molecule has 1 N–H and O–H groups in total. The maximum atomic E-state index is 13.4. The maximum Gasteiger partial charge on any atom is 0.282 e. The van der Waals surface area contributed by atoms with Crippen LogP contribution in [0.1, 0.15) is 24.5 Å². The summed E-state index contributed by atoms with van der Waals surface area (Å²) < 4.78 is 0. The molecular formula is C25H21N3O2S. The Morgan fingerprint density at radius 3 is 2.35 bits per heavy atom. The van der Waals surface area contributed by atoms with Crippen LogP contribution in [0.5, 0.6) is 0 Å². The molecule has 0 saturated heterocycles. The minimum absolute atomic E-state index is 0.0628. The number of rotatable bonds is 5. The van der Waals surface area contributed by atoms with Gasteiger partial charge in [0.05, 0.1) is 5.69 Å². The average molecular weight is 428 g/mol. The van der Waals surface area contributed by atoms with Gasteiger partial charge in [0.1, 0.15) is 11.5 Å². The number of amidine groups is 1. The maximum absolute atomic E-state index is 13.4. The summed E-state index contributed by atoms with van der Waals surface area (Å²) in [5, 5.41) is 2.82. The van der Waals surface area contributed by atoms with Crippen LogP contribution in [0.4, 0.5) is 11.4 Å². The number of anilines is 2. The Morgan fingerprint density at radius 1 is 1.00 bits per heavy atom. The fourth-order valence-corrected chi connectivity index (χ4v) is 3.46. The molecule has 3 aromatic carbocycles. The smallest absolute Gasteiger partial charge is 0.282 e. The summed E-state index contributed by atoms with van der Waals surface area (Å²) in [5.41, 5.74) is 3.35. The highest BCUT2D eigenvalue weighted by molar-refractivity contribution is 7.80. The van der Waals surface area contributed by atoms with Crippen LogP contribution in [0.2, 0.25) is 0 Å². The molecule has 2 amide bonds. The van der Waals surface area contributed by atoms with E-state index < -0.39 is 0 Å². The molecule has 5 nitrogen and oxygen atoms in total. The van der Waals surface area contributed by atoms with Crippen molar-refractivity contribution in [3.63, 3.8) is 0 Å². The van der Waals surface area contributed by atoms with Crippen LogP contribution < -0.4 is 10.2 Å². The standard InChI is InChI=1S/C25H21N3O2S/c1-2-23(29)26-19-12-14-20(15-13-19)28-24(17-8-4-3-5-9-17)27-21(25(28)30)16-18-10-6-7-11-22(18)31/h3-16,31H,2H2,1H3,(H,26,29). The molecule has 0 unspecified atom stereocenters. The third-order valence-electron chi connectivity index (χ3n) is 4.85. The number of thiol groups is 1. The highest BCUT2D eigenvalue weighted by Gasteiger charge is 2.32. The van der Waals surface area contributed by atoms with E-state index in [0.717, 1.165) is 16.0 Å². The second-order valence-electron chi connectivity index (χ2n) is 6.98. The van der Waals surface area contributed by atoms with Crippen molar-refractivity contribution < 1.29 is 9.59 Å². The Kier molecular flexibility index (Phi) is 6.00. The van der Waals surface area contributed by atoms with Crippen LogP contribution in [-0.4, -0.2) is 17.6 Å². The molecule has 0 aliphatic carbocycles. The average Bonchev–Trinajstić information content (AvgIpc) is 3.12. The van der Waals surface area contributed by atoms with Gasteiger partial charge < -0.3 is 5.32 Å². The summed E-state index contributed by atoms with van der Waals surface area (Å²) >= 11 is 4.48. The van der Waals surface area contributed by atoms with Crippen molar-refractivity contribution in [3.05, 3.63) is 95.7 Å². The van der Waals surface area contributed by atoms with E-state index in [2.05, 4.69) is 22.9 Å². The summed E-state index contributed by atoms with van der Waals surface area (Å²) in [7, 11) is 0. The van der Waals surface area contributed by atoms with Crippen LogP contribution >= 0.6 is 12.6 Å². The van der Waals surface area contributed by atoms with Gasteiger partial charge in [0.2, 0.25) is 5.91 Å². The number of benzene rings is 3. The number of nitrogens with one attached hydrogen (secondary N) is 1. The van der Waals surface area contributed by atoms with E-state index in [1.165, 1.54) is 0 Å². The van der Waals surface area contributed by atoms with Crippen LogP contribution in [0.3, 0.4) is 0 Å². The molecule has 3 aromatic rings. The second-order valence-corrected chi connectivity index (χ2v) is 7.46. The van der Waals surface area contributed by atoms with Gasteiger partial charge in [0.25, 0.3) is 5.91 Å². The van der Waals surface area contributed by atoms with Crippen molar-refractivity contribution in [2.45, 2.75) is 18.2 Å². The fourth-order valence-electron chi connectivity index (χ4n) is 3.24. The molecule has 0 aromatic heterocycles. The first-order chi connectivity index (χ1) is 15.1. The molecule has 1 aliphatic rings. The van der Waals surface area contributed by atoms with E-state index in [1.54, 1.807) is 42.2 Å². The van der Waals surface area contributed by atoms with Gasteiger partial charge in [-0.15, -0.1) is 12.6 Å². The zero-order valence-corrected chi connectivity index (χ0v) is 17.8. The van der Waals surface area contributed by atoms with Crippen LogP contribution in [0, 0.1) is 0 Å². The Labute approximate surface area is 186 Å². The minimum atomic E-state index is -0.221. The molecule has 0 saturated carbocycles. The molecule has 0 bridgehead atoms. The van der Waals surface area contributed by atoms with Crippen molar-refractivity contribution in [1.82, 2.24) is 0 Å². The van der Waals surface area contributed by atoms with Gasteiger partial charge in [-0.2, -0.15) is 0 Å². The van der Waals surface area contributed by atoms with Gasteiger partial charge in [0.15, 0.2) is 0 Å². The molecule has 0 spiro atoms. The monoisotopic (exact) mass is 427 g/mol. The lowest BCUT2D eigenvalue weighted by molar-refractivity contribution is -0.116. The predicted molar refractivity (Wildman–Crippen MR) is 127 cm³/mol. The topological polar surface area (TPSA) is 61.8 Å². The molecule has 6 heteroatoms. The number of hydrogen-bond acceptors (Lipinski definition) is 4. The van der Waals surface area contributed by atoms with Crippen molar-refractivity contribution in [2.24, 2.45) is 4.99 Å². The number of amides is 2. The first-order valence-electron chi connectivity index (χ1n) is 9.95. The third-order valence-corrected chi connectivity index (χ3v) is 5.26. The molecule has 1 heterocycles. The summed E-state index contributed by atoms with van der Waals surface area (Å²) in [6, 6.07) is 24.3. The summed E-state index contributed by atoms with van der Waals surface area (Å²) in [4.78, 5) is 32.0. The van der Waals surface area contributed by atoms with Gasteiger partial charge in [-0.25, -0.2) is 4.99 Å². The quantitative estimate of drug-likeness (QED) is 0.437. The van der Waals surface area contributed by atoms with Crippen molar-refractivity contribution in [2.75, 3.05) is 10.2 Å². The first-order valence-corrected chi connectivity index (χ1v) is 10.4. The Bertz CT molecular complexity index is 1180. The van der Waals surface area contributed by atoms with Crippen molar-refractivity contribution in [1.29, 1.82) is 0 Å². The first kappa shape index (κ1) is 20.6. The Balaban J connectivity index is 1.74. The van der Waals surface area contributed by atoms with Gasteiger partial charge in [-0.05, 0) is 42.0 Å². The number of hydrogen-bond donors (Lipinski definition) is 2. The lowest BCUT2D eigenvalue weighted by Crippen LogP contribution is -2.32. The van der Waals surface area contributed by atoms with Crippen molar-refractivity contribution in [3.8, 4) is 0 Å². The number of carbonyl (C=O) groups is 2. The van der Waals surface area contributed by atoms with E-state index in [9.17, 15) is 9.59 Å². The van der Waals surface area contributed by atoms with E-state index in [-0.39, 0.29) is 11.8 Å². The summed E-state index contributed by atoms with van der Waals surface area (Å²) in [5.74, 6) is 0.270. The van der Waals surface area contributed by atoms with Gasteiger partial charge in [-0.1, -0.05) is 55.5 Å². The number of nitrogens with zero attached hydrogens (tertiary/aromatic N) is 2. The SMILES string of the molecule is CCC(=O)Nc1ccc(N2C(=O)C(=Cc3ccccc3S)N=C2c2ccccc2)cc1. The summed E-state index contributed by atoms with van der Waals surface area (Å²) in [6.07, 6.45) is 2.15. The highest BCUT2D eigenvalue weighted by Crippen LogP contribution is 2.29.